The minimum atomic E-state index is -3.28. The Labute approximate surface area is 95.5 Å². The molecule has 0 saturated heterocycles. The van der Waals surface area contributed by atoms with Crippen LogP contribution in [0.5, 0.6) is 0 Å². The highest BCUT2D eigenvalue weighted by Gasteiger charge is 2.08. The van der Waals surface area contributed by atoms with Crippen molar-refractivity contribution < 1.29 is 13.5 Å². The maximum Gasteiger partial charge on any atom is 0.229 e. The van der Waals surface area contributed by atoms with Gasteiger partial charge < -0.3 is 10.4 Å². The van der Waals surface area contributed by atoms with Crippen molar-refractivity contribution in [2.45, 2.75) is 6.10 Å². The highest BCUT2D eigenvalue weighted by molar-refractivity contribution is 7.92. The topological polar surface area (TPSA) is 78.4 Å². The summed E-state index contributed by atoms with van der Waals surface area (Å²) in [6, 6.07) is 6.69. The summed E-state index contributed by atoms with van der Waals surface area (Å²) in [6.45, 7) is 0.419. The number of rotatable bonds is 5. The standard InChI is InChI=1S/C10H16N2O3S/c1-11-7-10(13)8-4-3-5-9(6-8)12-16(2,14)15/h3-6,10-13H,7H2,1-2H3. The first-order valence-electron chi connectivity index (χ1n) is 4.83. The fraction of sp³-hybridized carbons (Fsp3) is 0.400. The Morgan fingerprint density at radius 1 is 1.44 bits per heavy atom. The number of hydrogen-bond donors (Lipinski definition) is 3. The number of sulfonamides is 1. The van der Waals surface area contributed by atoms with Crippen molar-refractivity contribution in [3.8, 4) is 0 Å². The van der Waals surface area contributed by atoms with Gasteiger partial charge in [0.25, 0.3) is 0 Å². The van der Waals surface area contributed by atoms with Crippen LogP contribution in [0.2, 0.25) is 0 Å². The van der Waals surface area contributed by atoms with Crippen LogP contribution in [0.1, 0.15) is 11.7 Å². The molecule has 0 heterocycles. The van der Waals surface area contributed by atoms with Gasteiger partial charge in [-0.2, -0.15) is 0 Å². The monoisotopic (exact) mass is 244 g/mol. The van der Waals surface area contributed by atoms with Gasteiger partial charge in [-0.3, -0.25) is 4.72 Å². The summed E-state index contributed by atoms with van der Waals surface area (Å²) >= 11 is 0. The molecular formula is C10H16N2O3S. The van der Waals surface area contributed by atoms with E-state index in [4.69, 9.17) is 0 Å². The van der Waals surface area contributed by atoms with Crippen molar-refractivity contribution in [1.82, 2.24) is 5.32 Å². The molecular weight excluding hydrogens is 228 g/mol. The van der Waals surface area contributed by atoms with Gasteiger partial charge >= 0.3 is 0 Å². The van der Waals surface area contributed by atoms with Crippen molar-refractivity contribution in [3.05, 3.63) is 29.8 Å². The normalized spacial score (nSPS) is 13.4. The number of aliphatic hydroxyl groups excluding tert-OH is 1. The summed E-state index contributed by atoms with van der Waals surface area (Å²) in [4.78, 5) is 0. The molecule has 16 heavy (non-hydrogen) atoms. The lowest BCUT2D eigenvalue weighted by Gasteiger charge is -2.12. The molecule has 1 aromatic carbocycles. The van der Waals surface area contributed by atoms with E-state index in [0.717, 1.165) is 6.26 Å². The molecule has 0 aliphatic carbocycles. The average Bonchev–Trinajstić information content (AvgIpc) is 2.16. The van der Waals surface area contributed by atoms with E-state index in [9.17, 15) is 13.5 Å². The minimum Gasteiger partial charge on any atom is -0.387 e. The smallest absolute Gasteiger partial charge is 0.229 e. The number of likely N-dealkylation sites (N-methyl/N-ethyl adjacent to an activating group) is 1. The minimum absolute atomic E-state index is 0.419. The van der Waals surface area contributed by atoms with Crippen LogP contribution < -0.4 is 10.0 Å². The van der Waals surface area contributed by atoms with E-state index in [1.807, 2.05) is 0 Å². The number of hydrogen-bond acceptors (Lipinski definition) is 4. The third-order valence-electron chi connectivity index (χ3n) is 1.97. The molecule has 3 N–H and O–H groups in total. The van der Waals surface area contributed by atoms with Gasteiger partial charge in [-0.15, -0.1) is 0 Å². The Bertz CT molecular complexity index is 445. The lowest BCUT2D eigenvalue weighted by Crippen LogP contribution is -2.17. The van der Waals surface area contributed by atoms with E-state index in [1.54, 1.807) is 31.3 Å². The van der Waals surface area contributed by atoms with Gasteiger partial charge in [0.2, 0.25) is 10.0 Å². The molecule has 0 aromatic heterocycles. The first kappa shape index (κ1) is 13.0. The van der Waals surface area contributed by atoms with E-state index in [1.165, 1.54) is 0 Å². The maximum atomic E-state index is 11.0. The first-order chi connectivity index (χ1) is 7.42. The lowest BCUT2D eigenvalue weighted by atomic mass is 10.1. The van der Waals surface area contributed by atoms with Gasteiger partial charge in [-0.25, -0.2) is 8.42 Å². The van der Waals surface area contributed by atoms with Crippen molar-refractivity contribution in [2.75, 3.05) is 24.6 Å². The number of aliphatic hydroxyl groups is 1. The quantitative estimate of drug-likeness (QED) is 0.696. The molecule has 0 radical (unpaired) electrons. The molecule has 0 spiro atoms. The molecule has 0 aliphatic rings. The van der Waals surface area contributed by atoms with Crippen molar-refractivity contribution in [1.29, 1.82) is 0 Å². The number of benzene rings is 1. The fourth-order valence-electron chi connectivity index (χ4n) is 1.33. The van der Waals surface area contributed by atoms with Crippen molar-refractivity contribution in [3.63, 3.8) is 0 Å². The summed E-state index contributed by atoms with van der Waals surface area (Å²) < 4.78 is 24.4. The van der Waals surface area contributed by atoms with Gasteiger partial charge in [0, 0.05) is 12.2 Å². The second-order valence-corrected chi connectivity index (χ2v) is 5.32. The second kappa shape index (κ2) is 5.29. The Morgan fingerprint density at radius 2 is 2.12 bits per heavy atom. The van der Waals surface area contributed by atoms with Gasteiger partial charge in [-0.05, 0) is 24.7 Å². The first-order valence-corrected chi connectivity index (χ1v) is 6.72. The molecule has 0 saturated carbocycles. The van der Waals surface area contributed by atoms with Crippen molar-refractivity contribution >= 4 is 15.7 Å². The Hall–Kier alpha value is -1.11. The van der Waals surface area contributed by atoms with Crippen molar-refractivity contribution in [2.24, 2.45) is 0 Å². The summed E-state index contributed by atoms with van der Waals surface area (Å²) in [7, 11) is -1.54. The van der Waals surface area contributed by atoms with E-state index >= 15 is 0 Å². The van der Waals surface area contributed by atoms with Gasteiger partial charge in [0.15, 0.2) is 0 Å². The van der Waals surface area contributed by atoms with E-state index in [2.05, 4.69) is 10.0 Å². The molecule has 0 fully saturated rings. The zero-order valence-electron chi connectivity index (χ0n) is 9.27. The van der Waals surface area contributed by atoms with E-state index in [-0.39, 0.29) is 0 Å². The third kappa shape index (κ3) is 4.18. The summed E-state index contributed by atoms with van der Waals surface area (Å²) in [5.41, 5.74) is 1.12. The third-order valence-corrected chi connectivity index (χ3v) is 2.58. The molecule has 1 rings (SSSR count). The molecule has 1 atom stereocenters. The van der Waals surface area contributed by atoms with Gasteiger partial charge in [-0.1, -0.05) is 12.1 Å². The van der Waals surface area contributed by atoms with Crippen LogP contribution in [0.25, 0.3) is 0 Å². The predicted octanol–water partition coefficient (Wildman–Crippen LogP) is 0.311. The second-order valence-electron chi connectivity index (χ2n) is 3.57. The zero-order valence-corrected chi connectivity index (χ0v) is 10.1. The number of anilines is 1. The Kier molecular flexibility index (Phi) is 4.28. The molecule has 90 valence electrons. The summed E-state index contributed by atoms with van der Waals surface area (Å²) in [5.74, 6) is 0. The Morgan fingerprint density at radius 3 is 2.69 bits per heavy atom. The van der Waals surface area contributed by atoms with Crippen LogP contribution in [0, 0.1) is 0 Å². The highest BCUT2D eigenvalue weighted by Crippen LogP contribution is 2.17. The summed E-state index contributed by atoms with van der Waals surface area (Å²) in [6.07, 6.45) is 0.440. The average molecular weight is 244 g/mol. The molecule has 0 aliphatic heterocycles. The van der Waals surface area contributed by atoms with Crippen LogP contribution in [0.3, 0.4) is 0 Å². The molecule has 1 aromatic rings. The van der Waals surface area contributed by atoms with Crippen LogP contribution >= 0.6 is 0 Å². The van der Waals surface area contributed by atoms with Crippen LogP contribution in [0.4, 0.5) is 5.69 Å². The zero-order chi connectivity index (χ0) is 12.2. The number of nitrogens with one attached hydrogen (secondary N) is 2. The molecule has 0 bridgehead atoms. The summed E-state index contributed by atoms with van der Waals surface area (Å²) in [5, 5.41) is 12.5. The highest BCUT2D eigenvalue weighted by atomic mass is 32.2. The van der Waals surface area contributed by atoms with Crippen LogP contribution in [-0.2, 0) is 10.0 Å². The predicted molar refractivity (Wildman–Crippen MR) is 63.8 cm³/mol. The van der Waals surface area contributed by atoms with Gasteiger partial charge in [0.05, 0.1) is 12.4 Å². The fourth-order valence-corrected chi connectivity index (χ4v) is 1.89. The largest absolute Gasteiger partial charge is 0.387 e. The van der Waals surface area contributed by atoms with Gasteiger partial charge in [0.1, 0.15) is 0 Å². The maximum absolute atomic E-state index is 11.0. The Balaban J connectivity index is 2.86. The lowest BCUT2D eigenvalue weighted by molar-refractivity contribution is 0.178. The van der Waals surface area contributed by atoms with E-state index in [0.29, 0.717) is 17.8 Å². The molecule has 1 unspecified atom stereocenters. The molecule has 6 heteroatoms. The SMILES string of the molecule is CNCC(O)c1cccc(NS(C)(=O)=O)c1. The molecule has 5 nitrogen and oxygen atoms in total. The molecule has 0 amide bonds. The van der Waals surface area contributed by atoms with Crippen LogP contribution in [0.15, 0.2) is 24.3 Å². The van der Waals surface area contributed by atoms with Crippen LogP contribution in [-0.4, -0.2) is 33.4 Å². The van der Waals surface area contributed by atoms with E-state index < -0.39 is 16.1 Å².